The van der Waals surface area contributed by atoms with Crippen molar-refractivity contribution < 1.29 is 0 Å². The van der Waals surface area contributed by atoms with Crippen LogP contribution in [0.3, 0.4) is 0 Å². The molecular weight excluding hydrogens is 242 g/mol. The first-order valence-electron chi connectivity index (χ1n) is 8.63. The highest BCUT2D eigenvalue weighted by molar-refractivity contribution is 5.14. The van der Waals surface area contributed by atoms with E-state index >= 15 is 0 Å². The second-order valence-corrected chi connectivity index (χ2v) is 6.61. The van der Waals surface area contributed by atoms with E-state index in [1.807, 2.05) is 0 Å². The zero-order valence-electron chi connectivity index (χ0n) is 14.4. The Hall–Kier alpha value is -0.720. The number of hydrogen-bond donors (Lipinski definition) is 0. The molecule has 0 spiro atoms. The third-order valence-corrected chi connectivity index (χ3v) is 4.97. The van der Waals surface area contributed by atoms with Crippen LogP contribution in [0.25, 0.3) is 0 Å². The van der Waals surface area contributed by atoms with E-state index < -0.39 is 0 Å². The molecule has 1 fully saturated rings. The predicted octanol–water partition coefficient (Wildman–Crippen LogP) is 5.78. The van der Waals surface area contributed by atoms with Crippen LogP contribution < -0.4 is 0 Å². The quantitative estimate of drug-likeness (QED) is 0.457. The van der Waals surface area contributed by atoms with Gasteiger partial charge in [-0.15, -0.1) is 0 Å². The molecule has 1 aliphatic carbocycles. The van der Waals surface area contributed by atoms with Gasteiger partial charge in [0.2, 0.25) is 0 Å². The third kappa shape index (κ3) is 6.63. The minimum atomic E-state index is 0.724. The number of hydrogen-bond acceptors (Lipinski definition) is 1. The first-order chi connectivity index (χ1) is 9.60. The molecule has 1 atom stereocenters. The van der Waals surface area contributed by atoms with Gasteiger partial charge in [-0.3, -0.25) is 0 Å². The average Bonchev–Trinajstić information content (AvgIpc) is 3.28. The minimum Gasteiger partial charge on any atom is -0.377 e. The number of rotatable bonds is 10. The second kappa shape index (κ2) is 9.26. The molecular formula is C19H35N. The van der Waals surface area contributed by atoms with Crippen molar-refractivity contribution in [1.29, 1.82) is 0 Å². The summed E-state index contributed by atoms with van der Waals surface area (Å²) in [5.74, 6) is 1.94. The van der Waals surface area contributed by atoms with Gasteiger partial charge in [0.25, 0.3) is 0 Å². The van der Waals surface area contributed by atoms with Gasteiger partial charge < -0.3 is 4.90 Å². The van der Waals surface area contributed by atoms with Crippen LogP contribution in [-0.4, -0.2) is 18.0 Å². The average molecular weight is 277 g/mol. The van der Waals surface area contributed by atoms with E-state index in [2.05, 4.69) is 58.0 Å². The van der Waals surface area contributed by atoms with E-state index in [0.29, 0.717) is 0 Å². The summed E-state index contributed by atoms with van der Waals surface area (Å²) >= 11 is 0. The predicted molar refractivity (Wildman–Crippen MR) is 90.8 cm³/mol. The maximum absolute atomic E-state index is 2.47. The number of nitrogens with zero attached hydrogens (tertiary/aromatic N) is 1. The Morgan fingerprint density at radius 3 is 2.40 bits per heavy atom. The zero-order chi connectivity index (χ0) is 15.0. The zero-order valence-corrected chi connectivity index (χ0v) is 14.4. The Morgan fingerprint density at radius 2 is 1.90 bits per heavy atom. The molecule has 0 saturated heterocycles. The summed E-state index contributed by atoms with van der Waals surface area (Å²) in [7, 11) is 2.26. The molecule has 1 heteroatoms. The molecule has 0 aromatic carbocycles. The fraction of sp³-hybridized carbons (Fsp3) is 0.789. The topological polar surface area (TPSA) is 3.24 Å². The van der Waals surface area contributed by atoms with E-state index in [4.69, 9.17) is 0 Å². The van der Waals surface area contributed by atoms with Gasteiger partial charge in [-0.25, -0.2) is 0 Å². The van der Waals surface area contributed by atoms with Gasteiger partial charge in [0, 0.05) is 13.1 Å². The van der Waals surface area contributed by atoms with Gasteiger partial charge in [0.15, 0.2) is 0 Å². The van der Waals surface area contributed by atoms with Crippen LogP contribution in [-0.2, 0) is 0 Å². The Morgan fingerprint density at radius 1 is 1.25 bits per heavy atom. The number of allylic oxidation sites excluding steroid dienone is 3. The molecule has 0 heterocycles. The van der Waals surface area contributed by atoms with Crippen molar-refractivity contribution in [2.45, 2.75) is 78.7 Å². The lowest BCUT2D eigenvalue weighted by molar-refractivity contribution is 0.242. The largest absolute Gasteiger partial charge is 0.377 e. The van der Waals surface area contributed by atoms with Crippen LogP contribution in [0, 0.1) is 11.8 Å². The van der Waals surface area contributed by atoms with Crippen LogP contribution in [0.4, 0.5) is 0 Å². The summed E-state index contributed by atoms with van der Waals surface area (Å²) in [6.45, 7) is 8.96. The summed E-state index contributed by atoms with van der Waals surface area (Å²) in [6, 6.07) is 0.724. The SMILES string of the molecule is C/C=C(C)\C=C/N(C)C(CCC1CC1)CC(CC)CC. The van der Waals surface area contributed by atoms with E-state index in [0.717, 1.165) is 17.9 Å². The van der Waals surface area contributed by atoms with Crippen LogP contribution in [0.15, 0.2) is 23.9 Å². The van der Waals surface area contributed by atoms with Crippen LogP contribution >= 0.6 is 0 Å². The van der Waals surface area contributed by atoms with Gasteiger partial charge >= 0.3 is 0 Å². The van der Waals surface area contributed by atoms with Gasteiger partial charge in [0.1, 0.15) is 0 Å². The highest BCUT2D eigenvalue weighted by Gasteiger charge is 2.24. The van der Waals surface area contributed by atoms with E-state index in [9.17, 15) is 0 Å². The molecule has 0 N–H and O–H groups in total. The van der Waals surface area contributed by atoms with Crippen molar-refractivity contribution >= 4 is 0 Å². The fourth-order valence-corrected chi connectivity index (χ4v) is 2.78. The van der Waals surface area contributed by atoms with Crippen molar-refractivity contribution in [3.63, 3.8) is 0 Å². The maximum Gasteiger partial charge on any atom is 0.0283 e. The lowest BCUT2D eigenvalue weighted by atomic mass is 9.91. The van der Waals surface area contributed by atoms with Crippen molar-refractivity contribution in [2.24, 2.45) is 11.8 Å². The molecule has 1 saturated carbocycles. The highest BCUT2D eigenvalue weighted by Crippen LogP contribution is 2.35. The molecule has 0 amide bonds. The Labute approximate surface area is 127 Å². The molecule has 1 aliphatic rings. The Balaban J connectivity index is 2.55. The molecule has 1 nitrogen and oxygen atoms in total. The molecule has 0 aromatic heterocycles. The highest BCUT2D eigenvalue weighted by atomic mass is 15.1. The van der Waals surface area contributed by atoms with Gasteiger partial charge in [-0.1, -0.05) is 51.2 Å². The molecule has 0 aromatic rings. The van der Waals surface area contributed by atoms with Crippen molar-refractivity contribution in [1.82, 2.24) is 4.90 Å². The maximum atomic E-state index is 2.47. The summed E-state index contributed by atoms with van der Waals surface area (Å²) in [6.07, 6.45) is 16.5. The summed E-state index contributed by atoms with van der Waals surface area (Å²) in [5.41, 5.74) is 1.35. The molecule has 0 bridgehead atoms. The van der Waals surface area contributed by atoms with Crippen LogP contribution in [0.1, 0.15) is 72.6 Å². The standard InChI is InChI=1S/C19H35N/c1-6-16(4)13-14-20(5)19(12-11-18-9-10-18)15-17(7-2)8-3/h6,13-14,17-19H,7-12,15H2,1-5H3/b14-13-,16-6-. The summed E-state index contributed by atoms with van der Waals surface area (Å²) in [5, 5.41) is 0. The normalized spacial score (nSPS) is 18.0. The second-order valence-electron chi connectivity index (χ2n) is 6.61. The Bertz CT molecular complexity index is 308. The third-order valence-electron chi connectivity index (χ3n) is 4.97. The van der Waals surface area contributed by atoms with Crippen molar-refractivity contribution in [2.75, 3.05) is 7.05 Å². The monoisotopic (exact) mass is 277 g/mol. The molecule has 1 rings (SSSR count). The molecule has 1 unspecified atom stereocenters. The van der Waals surface area contributed by atoms with Crippen LogP contribution in [0.2, 0.25) is 0 Å². The Kier molecular flexibility index (Phi) is 8.02. The van der Waals surface area contributed by atoms with Crippen molar-refractivity contribution in [3.05, 3.63) is 23.9 Å². The summed E-state index contributed by atoms with van der Waals surface area (Å²) < 4.78 is 0. The van der Waals surface area contributed by atoms with Crippen LogP contribution in [0.5, 0.6) is 0 Å². The first kappa shape index (κ1) is 17.3. The lowest BCUT2D eigenvalue weighted by Gasteiger charge is -2.30. The van der Waals surface area contributed by atoms with E-state index in [-0.39, 0.29) is 0 Å². The van der Waals surface area contributed by atoms with Gasteiger partial charge in [-0.05, 0) is 57.2 Å². The smallest absolute Gasteiger partial charge is 0.0283 e. The first-order valence-corrected chi connectivity index (χ1v) is 8.63. The molecule has 0 radical (unpaired) electrons. The van der Waals surface area contributed by atoms with Crippen molar-refractivity contribution in [3.8, 4) is 0 Å². The molecule has 116 valence electrons. The lowest BCUT2D eigenvalue weighted by Crippen LogP contribution is -2.29. The van der Waals surface area contributed by atoms with Gasteiger partial charge in [-0.2, -0.15) is 0 Å². The van der Waals surface area contributed by atoms with E-state index in [1.54, 1.807) is 0 Å². The fourth-order valence-electron chi connectivity index (χ4n) is 2.78. The van der Waals surface area contributed by atoms with E-state index in [1.165, 1.54) is 50.5 Å². The summed E-state index contributed by atoms with van der Waals surface area (Å²) in [4.78, 5) is 2.47. The minimum absolute atomic E-state index is 0.724. The molecule has 20 heavy (non-hydrogen) atoms. The molecule has 0 aliphatic heterocycles. The van der Waals surface area contributed by atoms with Gasteiger partial charge in [0.05, 0.1) is 0 Å².